The zero-order chi connectivity index (χ0) is 12.5. The standard InChI is InChI=1S/C12H17FO3S/c13-10-6-8-12(9-7-10)17(14,15,16)11-4-2-1-3-5-11/h1-5,10,12H,6-9H2,(H2,14,15,16). The fraction of sp³-hybridized carbons (Fsp3) is 0.500. The van der Waals surface area contributed by atoms with E-state index in [1.54, 1.807) is 18.2 Å². The van der Waals surface area contributed by atoms with E-state index in [1.165, 1.54) is 12.1 Å². The van der Waals surface area contributed by atoms with Crippen molar-refractivity contribution in [2.45, 2.75) is 42.0 Å². The van der Waals surface area contributed by atoms with Crippen molar-refractivity contribution in [2.75, 3.05) is 0 Å². The monoisotopic (exact) mass is 260 g/mol. The maximum Gasteiger partial charge on any atom is 0.112 e. The molecule has 17 heavy (non-hydrogen) atoms. The molecule has 1 aliphatic rings. The molecule has 0 amide bonds. The number of hydrogen-bond acceptors (Lipinski definition) is 1. The molecule has 0 aliphatic heterocycles. The van der Waals surface area contributed by atoms with Crippen LogP contribution in [0.15, 0.2) is 35.2 Å². The van der Waals surface area contributed by atoms with Crippen molar-refractivity contribution in [2.24, 2.45) is 0 Å². The average Bonchev–Trinajstić information content (AvgIpc) is 2.30. The lowest BCUT2D eigenvalue weighted by Crippen LogP contribution is -2.46. The van der Waals surface area contributed by atoms with Gasteiger partial charge in [0.1, 0.15) is 15.8 Å². The molecule has 1 aromatic carbocycles. The summed E-state index contributed by atoms with van der Waals surface area (Å²) in [6, 6.07) is 7.81. The molecular formula is C12H17FO3S. The number of benzene rings is 1. The van der Waals surface area contributed by atoms with Crippen molar-refractivity contribution in [1.29, 1.82) is 0 Å². The molecule has 1 aliphatic carbocycles. The quantitative estimate of drug-likeness (QED) is 0.859. The minimum Gasteiger partial charge on any atom is -0.304 e. The minimum atomic E-state index is -4.83. The Bertz CT molecular complexity index is 446. The maximum atomic E-state index is 13.0. The fourth-order valence-electron chi connectivity index (χ4n) is 2.32. The van der Waals surface area contributed by atoms with Crippen LogP contribution in [0.4, 0.5) is 4.39 Å². The van der Waals surface area contributed by atoms with Gasteiger partial charge in [-0.3, -0.25) is 0 Å². The van der Waals surface area contributed by atoms with Crippen LogP contribution >= 0.6 is 0 Å². The van der Waals surface area contributed by atoms with Gasteiger partial charge in [-0.15, -0.1) is 0 Å². The Labute approximate surface area is 100 Å². The van der Waals surface area contributed by atoms with E-state index in [4.69, 9.17) is 0 Å². The van der Waals surface area contributed by atoms with Crippen LogP contribution in [0.5, 0.6) is 0 Å². The molecule has 0 heterocycles. The van der Waals surface area contributed by atoms with Crippen LogP contribution in [0.1, 0.15) is 25.7 Å². The largest absolute Gasteiger partial charge is 0.304 e. The van der Waals surface area contributed by atoms with Gasteiger partial charge in [-0.1, -0.05) is 18.2 Å². The first-order valence-corrected chi connectivity index (χ1v) is 7.68. The van der Waals surface area contributed by atoms with Crippen LogP contribution in [0.3, 0.4) is 0 Å². The molecule has 0 radical (unpaired) electrons. The van der Waals surface area contributed by atoms with Crippen LogP contribution in [0.2, 0.25) is 0 Å². The van der Waals surface area contributed by atoms with Gasteiger partial charge in [-0.2, -0.15) is 0 Å². The summed E-state index contributed by atoms with van der Waals surface area (Å²) >= 11 is 0. The molecule has 1 aromatic rings. The van der Waals surface area contributed by atoms with Gasteiger partial charge in [-0.05, 0) is 37.8 Å². The highest BCUT2D eigenvalue weighted by Gasteiger charge is 2.43. The van der Waals surface area contributed by atoms with Crippen molar-refractivity contribution in [3.8, 4) is 0 Å². The summed E-state index contributed by atoms with van der Waals surface area (Å²) in [5.74, 6) is 0. The summed E-state index contributed by atoms with van der Waals surface area (Å²) in [6.45, 7) is 0. The zero-order valence-corrected chi connectivity index (χ0v) is 10.3. The normalized spacial score (nSPS) is 28.3. The predicted octanol–water partition coefficient (Wildman–Crippen LogP) is 3.09. The van der Waals surface area contributed by atoms with Gasteiger partial charge in [0.15, 0.2) is 0 Å². The highest BCUT2D eigenvalue weighted by Crippen LogP contribution is 2.41. The Hall–Kier alpha value is -0.780. The molecular weight excluding hydrogens is 243 g/mol. The van der Waals surface area contributed by atoms with E-state index >= 15 is 0 Å². The molecule has 5 heteroatoms. The van der Waals surface area contributed by atoms with E-state index < -0.39 is 21.0 Å². The molecule has 0 bridgehead atoms. The Morgan fingerprint density at radius 3 is 2.12 bits per heavy atom. The summed E-state index contributed by atoms with van der Waals surface area (Å²) in [4.78, 5) is 0.0341. The molecule has 0 saturated heterocycles. The van der Waals surface area contributed by atoms with Gasteiger partial charge in [0.2, 0.25) is 0 Å². The summed E-state index contributed by atoms with van der Waals surface area (Å²) < 4.78 is 45.8. The van der Waals surface area contributed by atoms with Gasteiger partial charge < -0.3 is 9.11 Å². The highest BCUT2D eigenvalue weighted by molar-refractivity contribution is 8.10. The van der Waals surface area contributed by atoms with Gasteiger partial charge in [-0.25, -0.2) is 8.60 Å². The summed E-state index contributed by atoms with van der Waals surface area (Å²) in [5.41, 5.74) is 0. The summed E-state index contributed by atoms with van der Waals surface area (Å²) in [6.07, 6.45) is 0.0635. The average molecular weight is 260 g/mol. The van der Waals surface area contributed by atoms with Crippen molar-refractivity contribution in [1.82, 2.24) is 0 Å². The van der Waals surface area contributed by atoms with Gasteiger partial charge in [0, 0.05) is 0 Å². The second-order valence-electron chi connectivity index (χ2n) is 4.61. The number of halogens is 1. The smallest absolute Gasteiger partial charge is 0.112 e. The molecule has 0 spiro atoms. The van der Waals surface area contributed by atoms with Crippen molar-refractivity contribution < 1.29 is 17.7 Å². The fourth-order valence-corrected chi connectivity index (χ4v) is 4.49. The van der Waals surface area contributed by atoms with Gasteiger partial charge in [0.25, 0.3) is 0 Å². The molecule has 0 aromatic heterocycles. The van der Waals surface area contributed by atoms with E-state index in [0.717, 1.165) is 0 Å². The highest BCUT2D eigenvalue weighted by atomic mass is 32.3. The Morgan fingerprint density at radius 2 is 1.59 bits per heavy atom. The zero-order valence-electron chi connectivity index (χ0n) is 9.46. The molecule has 1 saturated carbocycles. The third-order valence-corrected chi connectivity index (χ3v) is 6.22. The number of rotatable bonds is 2. The SMILES string of the molecule is O=S(O)(O)(c1ccccc1)C1CCC(F)CC1. The van der Waals surface area contributed by atoms with Crippen LogP contribution < -0.4 is 0 Å². The molecule has 96 valence electrons. The summed E-state index contributed by atoms with van der Waals surface area (Å²) in [7, 11) is -4.83. The third kappa shape index (κ3) is 2.41. The van der Waals surface area contributed by atoms with Crippen LogP contribution in [0, 0.1) is 0 Å². The Kier molecular flexibility index (Phi) is 3.10. The Balaban J connectivity index is 2.31. The lowest BCUT2D eigenvalue weighted by atomic mass is 9.98. The lowest BCUT2D eigenvalue weighted by molar-refractivity contribution is 0.240. The minimum absolute atomic E-state index is 0.0341. The number of alkyl halides is 1. The van der Waals surface area contributed by atoms with Gasteiger partial charge >= 0.3 is 0 Å². The van der Waals surface area contributed by atoms with Crippen molar-refractivity contribution in [3.05, 3.63) is 30.3 Å². The first-order chi connectivity index (χ1) is 7.88. The van der Waals surface area contributed by atoms with Crippen molar-refractivity contribution >= 4 is 9.63 Å². The first kappa shape index (κ1) is 12.7. The summed E-state index contributed by atoms with van der Waals surface area (Å²) in [5, 5.41) is -0.763. The molecule has 2 rings (SSSR count). The van der Waals surface area contributed by atoms with E-state index in [9.17, 15) is 17.7 Å². The van der Waals surface area contributed by atoms with Crippen LogP contribution in [0.25, 0.3) is 0 Å². The van der Waals surface area contributed by atoms with Crippen molar-refractivity contribution in [3.63, 3.8) is 0 Å². The maximum absolute atomic E-state index is 13.0. The third-order valence-electron chi connectivity index (χ3n) is 3.39. The molecule has 2 N–H and O–H groups in total. The van der Waals surface area contributed by atoms with E-state index in [-0.39, 0.29) is 30.6 Å². The second-order valence-corrected chi connectivity index (χ2v) is 7.59. The molecule has 1 fully saturated rings. The van der Waals surface area contributed by atoms with E-state index in [2.05, 4.69) is 0 Å². The van der Waals surface area contributed by atoms with E-state index in [1.807, 2.05) is 0 Å². The van der Waals surface area contributed by atoms with Crippen LogP contribution in [-0.2, 0) is 9.63 Å². The molecule has 0 atom stereocenters. The molecule has 0 unspecified atom stereocenters. The first-order valence-electron chi connectivity index (χ1n) is 5.73. The lowest BCUT2D eigenvalue weighted by Gasteiger charge is -2.41. The predicted molar refractivity (Wildman–Crippen MR) is 65.3 cm³/mol. The second kappa shape index (κ2) is 4.15. The van der Waals surface area contributed by atoms with Crippen LogP contribution in [-0.4, -0.2) is 24.7 Å². The molecule has 3 nitrogen and oxygen atoms in total. The van der Waals surface area contributed by atoms with Gasteiger partial charge in [0.05, 0.1) is 10.1 Å². The number of hydrogen-bond donors (Lipinski definition) is 2. The Morgan fingerprint density at radius 1 is 1.06 bits per heavy atom. The topological polar surface area (TPSA) is 57.5 Å². The van der Waals surface area contributed by atoms with E-state index in [0.29, 0.717) is 0 Å².